The zero-order valence-electron chi connectivity index (χ0n) is 23.5. The predicted molar refractivity (Wildman–Crippen MR) is 143 cm³/mol. The molecule has 1 aliphatic rings. The summed E-state index contributed by atoms with van der Waals surface area (Å²) in [6.07, 6.45) is 3.89. The number of unbranched alkanes of at least 4 members (excludes halogenated alkanes) is 2. The van der Waals surface area contributed by atoms with Crippen LogP contribution in [0.25, 0.3) is 0 Å². The Bertz CT molecular complexity index is 895. The van der Waals surface area contributed by atoms with E-state index in [0.29, 0.717) is 13.0 Å². The first-order valence-electron chi connectivity index (χ1n) is 13.6. The Morgan fingerprint density at radius 1 is 1.14 bits per heavy atom. The van der Waals surface area contributed by atoms with Crippen molar-refractivity contribution in [2.45, 2.75) is 111 Å². The van der Waals surface area contributed by atoms with E-state index in [-0.39, 0.29) is 29.7 Å². The fraction of sp³-hybridized carbons (Fsp3) is 0.690. The van der Waals surface area contributed by atoms with Crippen LogP contribution in [0.2, 0.25) is 0 Å². The molecule has 7 nitrogen and oxygen atoms in total. The third-order valence-electron chi connectivity index (χ3n) is 6.92. The second kappa shape index (κ2) is 13.1. The van der Waals surface area contributed by atoms with E-state index in [9.17, 15) is 14.4 Å². The maximum atomic E-state index is 14.3. The van der Waals surface area contributed by atoms with Crippen molar-refractivity contribution in [3.8, 4) is 0 Å². The zero-order chi connectivity index (χ0) is 27.0. The average Bonchev–Trinajstić information content (AvgIpc) is 3.52. The summed E-state index contributed by atoms with van der Waals surface area (Å²) in [7, 11) is 0. The van der Waals surface area contributed by atoms with Crippen molar-refractivity contribution in [2.75, 3.05) is 6.54 Å². The first kappa shape index (κ1) is 29.7. The van der Waals surface area contributed by atoms with Crippen LogP contribution >= 0.6 is 0 Å². The van der Waals surface area contributed by atoms with Crippen LogP contribution in [0.1, 0.15) is 97.7 Å². The van der Waals surface area contributed by atoms with Gasteiger partial charge in [-0.05, 0) is 63.5 Å². The molecule has 5 atom stereocenters. The van der Waals surface area contributed by atoms with E-state index in [1.54, 1.807) is 25.7 Å². The highest BCUT2D eigenvalue weighted by Gasteiger charge is 2.49. The largest absolute Gasteiger partial charge is 0.444 e. The number of aryl methyl sites for hydroxylation is 1. The first-order chi connectivity index (χ1) is 16.9. The molecule has 0 saturated heterocycles. The number of nitrogens with one attached hydrogen (secondary N) is 2. The predicted octanol–water partition coefficient (Wildman–Crippen LogP) is 5.52. The molecule has 0 heterocycles. The second-order valence-corrected chi connectivity index (χ2v) is 11.3. The molecule has 1 saturated carbocycles. The second-order valence-electron chi connectivity index (χ2n) is 11.3. The highest BCUT2D eigenvalue weighted by Crippen LogP contribution is 2.41. The monoisotopic (exact) mass is 501 g/mol. The molecule has 202 valence electrons. The smallest absolute Gasteiger partial charge is 0.408 e. The quantitative estimate of drug-likeness (QED) is 0.369. The third-order valence-corrected chi connectivity index (χ3v) is 6.92. The lowest BCUT2D eigenvalue weighted by atomic mass is 9.94. The molecule has 2 N–H and O–H groups in total. The van der Waals surface area contributed by atoms with Gasteiger partial charge in [0.05, 0.1) is 0 Å². The lowest BCUT2D eigenvalue weighted by Crippen LogP contribution is -2.56. The molecule has 5 unspecified atom stereocenters. The maximum absolute atomic E-state index is 14.3. The summed E-state index contributed by atoms with van der Waals surface area (Å²) in [5.74, 6) is -0.256. The molecule has 0 aliphatic heterocycles. The van der Waals surface area contributed by atoms with Gasteiger partial charge in [-0.25, -0.2) is 4.79 Å². The molecule has 0 radical (unpaired) electrons. The summed E-state index contributed by atoms with van der Waals surface area (Å²) < 4.78 is 5.48. The Morgan fingerprint density at radius 3 is 2.31 bits per heavy atom. The Morgan fingerprint density at radius 2 is 1.78 bits per heavy atom. The van der Waals surface area contributed by atoms with E-state index in [0.717, 1.165) is 36.8 Å². The van der Waals surface area contributed by atoms with Crippen LogP contribution in [0.3, 0.4) is 0 Å². The molecule has 3 amide bonds. The van der Waals surface area contributed by atoms with Crippen LogP contribution in [0.5, 0.6) is 0 Å². The number of benzene rings is 1. The van der Waals surface area contributed by atoms with Crippen molar-refractivity contribution in [1.29, 1.82) is 0 Å². The minimum Gasteiger partial charge on any atom is -0.444 e. The normalized spacial score (nSPS) is 19.6. The highest BCUT2D eigenvalue weighted by molar-refractivity contribution is 5.93. The zero-order valence-corrected chi connectivity index (χ0v) is 23.5. The fourth-order valence-electron chi connectivity index (χ4n) is 4.44. The van der Waals surface area contributed by atoms with Crippen molar-refractivity contribution in [1.82, 2.24) is 15.5 Å². The summed E-state index contributed by atoms with van der Waals surface area (Å²) >= 11 is 0. The van der Waals surface area contributed by atoms with E-state index in [2.05, 4.69) is 24.5 Å². The summed E-state index contributed by atoms with van der Waals surface area (Å²) in [6, 6.07) is 6.13. The van der Waals surface area contributed by atoms with Gasteiger partial charge in [0.25, 0.3) is 0 Å². The Labute approximate surface area is 217 Å². The van der Waals surface area contributed by atoms with E-state index in [1.807, 2.05) is 45.0 Å². The standard InChI is InChI=1S/C29H47N3O4/c1-9-11-14-17-30-26(33)25(22-16-13-12-15-20(22)4)32(23-18-21(23)5)27(34)24(19(3)10-2)31-28(35)36-29(6,7)8/h12-13,15-16,19,21,23-25H,9-11,14,17-18H2,1-8H3,(H,30,33)(H,31,35). The first-order valence-corrected chi connectivity index (χ1v) is 13.6. The molecule has 1 aromatic carbocycles. The Kier molecular flexibility index (Phi) is 10.8. The van der Waals surface area contributed by atoms with Gasteiger partial charge in [-0.2, -0.15) is 0 Å². The molecule has 7 heteroatoms. The van der Waals surface area contributed by atoms with E-state index in [1.165, 1.54) is 0 Å². The van der Waals surface area contributed by atoms with Gasteiger partial charge in [-0.15, -0.1) is 0 Å². The summed E-state index contributed by atoms with van der Waals surface area (Å²) in [5, 5.41) is 5.92. The van der Waals surface area contributed by atoms with Crippen molar-refractivity contribution in [3.05, 3.63) is 35.4 Å². The molecular weight excluding hydrogens is 454 g/mol. The van der Waals surface area contributed by atoms with Crippen LogP contribution in [0.15, 0.2) is 24.3 Å². The molecule has 0 spiro atoms. The van der Waals surface area contributed by atoms with Crippen LogP contribution in [-0.4, -0.2) is 47.0 Å². The molecule has 1 fully saturated rings. The molecular formula is C29H47N3O4. The molecule has 0 bridgehead atoms. The number of ether oxygens (including phenoxy) is 1. The number of carbonyl (C=O) groups is 3. The molecule has 0 aromatic heterocycles. The van der Waals surface area contributed by atoms with Crippen LogP contribution in [0, 0.1) is 18.8 Å². The van der Waals surface area contributed by atoms with Crippen LogP contribution < -0.4 is 10.6 Å². The van der Waals surface area contributed by atoms with Crippen LogP contribution in [-0.2, 0) is 14.3 Å². The summed E-state index contributed by atoms with van der Waals surface area (Å²) in [4.78, 5) is 42.4. The molecule has 1 aromatic rings. The Hall–Kier alpha value is -2.57. The van der Waals surface area contributed by atoms with E-state index in [4.69, 9.17) is 4.74 Å². The number of hydrogen-bond acceptors (Lipinski definition) is 4. The van der Waals surface area contributed by atoms with Gasteiger partial charge in [-0.1, -0.05) is 71.2 Å². The summed E-state index contributed by atoms with van der Waals surface area (Å²) in [5.41, 5.74) is 1.09. The topological polar surface area (TPSA) is 87.7 Å². The van der Waals surface area contributed by atoms with Gasteiger partial charge in [0, 0.05) is 12.6 Å². The highest BCUT2D eigenvalue weighted by atomic mass is 16.6. The van der Waals surface area contributed by atoms with E-state index >= 15 is 0 Å². The summed E-state index contributed by atoms with van der Waals surface area (Å²) in [6.45, 7) is 16.1. The van der Waals surface area contributed by atoms with Crippen molar-refractivity contribution in [2.24, 2.45) is 11.8 Å². The lowest BCUT2D eigenvalue weighted by molar-refractivity contribution is -0.144. The van der Waals surface area contributed by atoms with Crippen molar-refractivity contribution < 1.29 is 19.1 Å². The fourth-order valence-corrected chi connectivity index (χ4v) is 4.44. The third kappa shape index (κ3) is 8.24. The minimum atomic E-state index is -0.794. The van der Waals surface area contributed by atoms with Gasteiger partial charge in [0.2, 0.25) is 11.8 Å². The van der Waals surface area contributed by atoms with Gasteiger partial charge in [-0.3, -0.25) is 9.59 Å². The van der Waals surface area contributed by atoms with Gasteiger partial charge in [0.15, 0.2) is 0 Å². The number of hydrogen-bond donors (Lipinski definition) is 2. The minimum absolute atomic E-state index is 0.0597. The SMILES string of the molecule is CCCCCNC(=O)C(c1ccccc1C)N(C(=O)C(NC(=O)OC(C)(C)C)C(C)CC)C1CC1C. The average molecular weight is 502 g/mol. The number of amides is 3. The van der Waals surface area contributed by atoms with Crippen molar-refractivity contribution in [3.63, 3.8) is 0 Å². The number of nitrogens with zero attached hydrogens (tertiary/aromatic N) is 1. The lowest BCUT2D eigenvalue weighted by Gasteiger charge is -2.37. The number of rotatable bonds is 12. The van der Waals surface area contributed by atoms with Crippen molar-refractivity contribution >= 4 is 17.9 Å². The van der Waals surface area contributed by atoms with Gasteiger partial charge in [0.1, 0.15) is 17.7 Å². The molecule has 2 rings (SSSR count). The van der Waals surface area contributed by atoms with Gasteiger partial charge >= 0.3 is 6.09 Å². The van der Waals surface area contributed by atoms with E-state index < -0.39 is 23.8 Å². The van der Waals surface area contributed by atoms with Crippen LogP contribution in [0.4, 0.5) is 4.79 Å². The number of alkyl carbamates (subject to hydrolysis) is 1. The number of carbonyl (C=O) groups excluding carboxylic acids is 3. The maximum Gasteiger partial charge on any atom is 0.408 e. The van der Waals surface area contributed by atoms with Gasteiger partial charge < -0.3 is 20.3 Å². The molecule has 36 heavy (non-hydrogen) atoms. The molecule has 1 aliphatic carbocycles. The Balaban J connectivity index is 2.46.